The number of aliphatic hydroxyl groups excluding tert-OH is 1. The molecule has 2 aromatic heterocycles. The molecule has 0 unspecified atom stereocenters. The van der Waals surface area contributed by atoms with Crippen molar-refractivity contribution in [3.63, 3.8) is 0 Å². The fourth-order valence-electron chi connectivity index (χ4n) is 2.50. The number of amides is 1. The fourth-order valence-corrected chi connectivity index (χ4v) is 3.15. The maximum atomic E-state index is 12.1. The summed E-state index contributed by atoms with van der Waals surface area (Å²) in [5, 5.41) is 14.9. The van der Waals surface area contributed by atoms with E-state index in [9.17, 15) is 9.90 Å². The minimum absolute atomic E-state index is 0.130. The van der Waals surface area contributed by atoms with Gasteiger partial charge in [0, 0.05) is 6.54 Å². The third-order valence-electron chi connectivity index (χ3n) is 3.88. The van der Waals surface area contributed by atoms with Gasteiger partial charge in [0.15, 0.2) is 0 Å². The number of benzene rings is 1. The van der Waals surface area contributed by atoms with Crippen LogP contribution in [0.4, 0.5) is 0 Å². The number of nitrogens with one attached hydrogen (secondary N) is 1. The van der Waals surface area contributed by atoms with Crippen LogP contribution in [-0.4, -0.2) is 22.5 Å². The third kappa shape index (κ3) is 4.55. The molecular formula is C19H20N2O3S. The van der Waals surface area contributed by atoms with E-state index in [-0.39, 0.29) is 12.3 Å². The van der Waals surface area contributed by atoms with Gasteiger partial charge < -0.3 is 14.8 Å². The smallest absolute Gasteiger partial charge is 0.236 e. The normalized spacial score (nSPS) is 12.1. The average Bonchev–Trinajstić information content (AvgIpc) is 3.26. The topological polar surface area (TPSA) is 75.4 Å². The van der Waals surface area contributed by atoms with Crippen molar-refractivity contribution in [1.29, 1.82) is 0 Å². The first kappa shape index (κ1) is 17.4. The van der Waals surface area contributed by atoms with E-state index in [1.807, 2.05) is 54.8 Å². The number of thiophene rings is 1. The first-order valence-corrected chi connectivity index (χ1v) is 9.01. The monoisotopic (exact) mass is 356 g/mol. The molecule has 0 bridgehead atoms. The second-order valence-corrected chi connectivity index (χ2v) is 6.69. The molecule has 2 N–H and O–H groups in total. The largest absolute Gasteiger partial charge is 0.440 e. The van der Waals surface area contributed by atoms with E-state index in [2.05, 4.69) is 10.3 Å². The molecule has 1 atom stereocenters. The van der Waals surface area contributed by atoms with Gasteiger partial charge in [-0.05, 0) is 30.4 Å². The maximum absolute atomic E-state index is 12.1. The van der Waals surface area contributed by atoms with Crippen LogP contribution >= 0.6 is 11.3 Å². The number of oxazole rings is 1. The third-order valence-corrected chi connectivity index (χ3v) is 4.73. The standard InChI is InChI=1S/C19H20N2O3S/c1-13-15(21-19(24-13)17-8-5-11-25-17)12-18(23)20-10-9-16(22)14-6-3-2-4-7-14/h2-8,11,16,22H,9-10,12H2,1H3,(H,20,23)/t16-/m0/s1. The Labute approximate surface area is 150 Å². The lowest BCUT2D eigenvalue weighted by atomic mass is 10.1. The lowest BCUT2D eigenvalue weighted by Gasteiger charge is -2.11. The summed E-state index contributed by atoms with van der Waals surface area (Å²) in [6.07, 6.45) is 0.0524. The van der Waals surface area contributed by atoms with Crippen LogP contribution in [0.3, 0.4) is 0 Å². The Hall–Kier alpha value is -2.44. The molecule has 0 aliphatic carbocycles. The number of carbonyl (C=O) groups is 1. The molecule has 0 fully saturated rings. The molecule has 1 amide bonds. The SMILES string of the molecule is Cc1oc(-c2cccs2)nc1CC(=O)NCC[C@H](O)c1ccccc1. The van der Waals surface area contributed by atoms with Gasteiger partial charge in [0.05, 0.1) is 23.1 Å². The van der Waals surface area contributed by atoms with Crippen molar-refractivity contribution < 1.29 is 14.3 Å². The van der Waals surface area contributed by atoms with Gasteiger partial charge in [0.2, 0.25) is 11.8 Å². The molecule has 1 aromatic carbocycles. The zero-order valence-electron chi connectivity index (χ0n) is 13.9. The Morgan fingerprint density at radius 3 is 2.80 bits per heavy atom. The van der Waals surface area contributed by atoms with Gasteiger partial charge in [-0.1, -0.05) is 36.4 Å². The summed E-state index contributed by atoms with van der Waals surface area (Å²) >= 11 is 1.55. The first-order chi connectivity index (χ1) is 12.1. The maximum Gasteiger partial charge on any atom is 0.236 e. The van der Waals surface area contributed by atoms with E-state index in [4.69, 9.17) is 4.42 Å². The number of hydrogen-bond acceptors (Lipinski definition) is 5. The van der Waals surface area contributed by atoms with E-state index in [0.29, 0.717) is 30.3 Å². The average molecular weight is 356 g/mol. The van der Waals surface area contributed by atoms with Crippen molar-refractivity contribution in [1.82, 2.24) is 10.3 Å². The number of aliphatic hydroxyl groups is 1. The van der Waals surface area contributed by atoms with E-state index < -0.39 is 6.10 Å². The molecule has 0 saturated carbocycles. The highest BCUT2D eigenvalue weighted by molar-refractivity contribution is 7.13. The van der Waals surface area contributed by atoms with Crippen LogP contribution in [0.2, 0.25) is 0 Å². The van der Waals surface area contributed by atoms with Crippen LogP contribution in [0, 0.1) is 6.92 Å². The number of rotatable bonds is 7. The second-order valence-electron chi connectivity index (χ2n) is 5.74. The van der Waals surface area contributed by atoms with E-state index in [1.165, 1.54) is 0 Å². The van der Waals surface area contributed by atoms with Crippen molar-refractivity contribution in [2.45, 2.75) is 25.9 Å². The number of aromatic nitrogens is 1. The minimum Gasteiger partial charge on any atom is -0.440 e. The lowest BCUT2D eigenvalue weighted by Crippen LogP contribution is -2.27. The number of hydrogen-bond donors (Lipinski definition) is 2. The molecular weight excluding hydrogens is 336 g/mol. The molecule has 25 heavy (non-hydrogen) atoms. The van der Waals surface area contributed by atoms with Gasteiger partial charge in [-0.2, -0.15) is 0 Å². The van der Waals surface area contributed by atoms with E-state index in [0.717, 1.165) is 10.4 Å². The van der Waals surface area contributed by atoms with Gasteiger partial charge in [-0.25, -0.2) is 4.98 Å². The van der Waals surface area contributed by atoms with Crippen molar-refractivity contribution in [2.75, 3.05) is 6.54 Å². The highest BCUT2D eigenvalue weighted by Crippen LogP contribution is 2.26. The van der Waals surface area contributed by atoms with Crippen molar-refractivity contribution in [2.24, 2.45) is 0 Å². The molecule has 0 aliphatic rings. The van der Waals surface area contributed by atoms with Gasteiger partial charge >= 0.3 is 0 Å². The van der Waals surface area contributed by atoms with Crippen LogP contribution in [0.5, 0.6) is 0 Å². The summed E-state index contributed by atoms with van der Waals surface area (Å²) < 4.78 is 5.64. The van der Waals surface area contributed by atoms with Gasteiger partial charge in [-0.3, -0.25) is 4.79 Å². The highest BCUT2D eigenvalue weighted by atomic mass is 32.1. The molecule has 0 radical (unpaired) electrons. The summed E-state index contributed by atoms with van der Waals surface area (Å²) in [6, 6.07) is 13.3. The zero-order valence-corrected chi connectivity index (χ0v) is 14.8. The van der Waals surface area contributed by atoms with Crippen molar-refractivity contribution in [3.05, 3.63) is 64.9 Å². The highest BCUT2D eigenvalue weighted by Gasteiger charge is 2.15. The number of nitrogens with zero attached hydrogens (tertiary/aromatic N) is 1. The predicted octanol–water partition coefficient (Wildman–Crippen LogP) is 3.49. The van der Waals surface area contributed by atoms with Crippen LogP contribution in [-0.2, 0) is 11.2 Å². The molecule has 6 heteroatoms. The van der Waals surface area contributed by atoms with Crippen LogP contribution in [0.1, 0.15) is 29.5 Å². The predicted molar refractivity (Wildman–Crippen MR) is 97.3 cm³/mol. The van der Waals surface area contributed by atoms with Gasteiger partial charge in [-0.15, -0.1) is 11.3 Å². The second kappa shape index (κ2) is 8.09. The molecule has 2 heterocycles. The Balaban J connectivity index is 1.50. The van der Waals surface area contributed by atoms with Gasteiger partial charge in [0.25, 0.3) is 0 Å². The minimum atomic E-state index is -0.583. The quantitative estimate of drug-likeness (QED) is 0.679. The molecule has 0 spiro atoms. The van der Waals surface area contributed by atoms with Crippen LogP contribution < -0.4 is 5.32 Å². The summed E-state index contributed by atoms with van der Waals surface area (Å²) in [7, 11) is 0. The lowest BCUT2D eigenvalue weighted by molar-refractivity contribution is -0.120. The molecule has 0 aliphatic heterocycles. The zero-order chi connectivity index (χ0) is 17.6. The van der Waals surface area contributed by atoms with Gasteiger partial charge in [0.1, 0.15) is 5.76 Å². The van der Waals surface area contributed by atoms with E-state index >= 15 is 0 Å². The Morgan fingerprint density at radius 1 is 1.28 bits per heavy atom. The van der Waals surface area contributed by atoms with E-state index in [1.54, 1.807) is 11.3 Å². The Morgan fingerprint density at radius 2 is 2.08 bits per heavy atom. The first-order valence-electron chi connectivity index (χ1n) is 8.13. The molecule has 3 aromatic rings. The molecule has 130 valence electrons. The summed E-state index contributed by atoms with van der Waals surface area (Å²) in [4.78, 5) is 17.5. The van der Waals surface area contributed by atoms with Crippen molar-refractivity contribution >= 4 is 17.2 Å². The Kier molecular flexibility index (Phi) is 5.63. The summed E-state index contributed by atoms with van der Waals surface area (Å²) in [5.41, 5.74) is 1.49. The summed E-state index contributed by atoms with van der Waals surface area (Å²) in [5.74, 6) is 1.08. The molecule has 5 nitrogen and oxygen atoms in total. The fraction of sp³-hybridized carbons (Fsp3) is 0.263. The van der Waals surface area contributed by atoms with Crippen molar-refractivity contribution in [3.8, 4) is 10.8 Å². The molecule has 0 saturated heterocycles. The van der Waals surface area contributed by atoms with Crippen LogP contribution in [0.25, 0.3) is 10.8 Å². The number of carbonyl (C=O) groups excluding carboxylic acids is 1. The molecule has 3 rings (SSSR count). The Bertz CT molecular complexity index is 813. The number of aryl methyl sites for hydroxylation is 1. The van der Waals surface area contributed by atoms with Crippen LogP contribution in [0.15, 0.2) is 52.3 Å². The summed E-state index contributed by atoms with van der Waals surface area (Å²) in [6.45, 7) is 2.22.